The SMILES string of the molecule is CC(c1cn[nH]c1)c1cn(CC(=O)N(CCN(C)C)Cc2ccc(-c3ccc(Cl)cc3)cc2)c(SCc2ccc(F)cc2)nc1=O. The number of H-pyrrole nitrogens is 1. The molecule has 1 N–H and O–H groups in total. The monoisotopic (exact) mass is 658 g/mol. The minimum Gasteiger partial charge on any atom is -0.336 e. The first-order valence-corrected chi connectivity index (χ1v) is 16.3. The lowest BCUT2D eigenvalue weighted by Crippen LogP contribution is -2.38. The Balaban J connectivity index is 1.41. The maximum atomic E-state index is 14.0. The number of carbonyl (C=O) groups is 1. The second kappa shape index (κ2) is 15.4. The van der Waals surface area contributed by atoms with Crippen LogP contribution in [0, 0.1) is 5.82 Å². The van der Waals surface area contributed by atoms with E-state index in [2.05, 4.69) is 15.2 Å². The van der Waals surface area contributed by atoms with Crippen molar-refractivity contribution >= 4 is 29.3 Å². The first kappa shape index (κ1) is 33.1. The molecule has 0 saturated heterocycles. The molecule has 11 heteroatoms. The molecule has 0 saturated carbocycles. The van der Waals surface area contributed by atoms with Crippen LogP contribution in [0.1, 0.15) is 35.1 Å². The molecule has 3 aromatic carbocycles. The topological polar surface area (TPSA) is 87.1 Å². The summed E-state index contributed by atoms with van der Waals surface area (Å²) in [5.74, 6) is -0.230. The fourth-order valence-corrected chi connectivity index (χ4v) is 5.99. The Hall–Kier alpha value is -4.25. The molecule has 1 atom stereocenters. The number of aromatic nitrogens is 4. The highest BCUT2D eigenvalue weighted by Gasteiger charge is 2.21. The van der Waals surface area contributed by atoms with Crippen LogP contribution in [0.25, 0.3) is 11.1 Å². The maximum Gasteiger partial charge on any atom is 0.277 e. The zero-order valence-corrected chi connectivity index (χ0v) is 27.6. The molecular weight excluding hydrogens is 623 g/mol. The fraction of sp³-hybridized carbons (Fsp3) is 0.257. The molecule has 0 aliphatic carbocycles. The second-order valence-electron chi connectivity index (χ2n) is 11.4. The maximum absolute atomic E-state index is 14.0. The Morgan fingerprint density at radius 2 is 1.63 bits per heavy atom. The molecule has 8 nitrogen and oxygen atoms in total. The van der Waals surface area contributed by atoms with Gasteiger partial charge < -0.3 is 14.4 Å². The number of aromatic amines is 1. The molecule has 0 bridgehead atoms. The summed E-state index contributed by atoms with van der Waals surface area (Å²) < 4.78 is 15.2. The minimum atomic E-state index is -0.357. The van der Waals surface area contributed by atoms with Gasteiger partial charge in [0.05, 0.1) is 6.20 Å². The molecule has 46 heavy (non-hydrogen) atoms. The van der Waals surface area contributed by atoms with Gasteiger partial charge in [0.25, 0.3) is 5.56 Å². The van der Waals surface area contributed by atoms with Crippen molar-refractivity contribution in [3.05, 3.63) is 135 Å². The van der Waals surface area contributed by atoms with Gasteiger partial charge in [0.15, 0.2) is 5.16 Å². The summed E-state index contributed by atoms with van der Waals surface area (Å²) in [6.07, 6.45) is 5.17. The number of thioether (sulfide) groups is 1. The number of carbonyl (C=O) groups excluding carboxylic acids is 1. The third-order valence-electron chi connectivity index (χ3n) is 7.73. The van der Waals surface area contributed by atoms with Crippen LogP contribution in [0.3, 0.4) is 0 Å². The zero-order chi connectivity index (χ0) is 32.6. The number of halogens is 2. The number of amides is 1. The first-order chi connectivity index (χ1) is 22.2. The average molecular weight is 659 g/mol. The third-order valence-corrected chi connectivity index (χ3v) is 9.05. The van der Waals surface area contributed by atoms with Crippen molar-refractivity contribution in [3.8, 4) is 11.1 Å². The van der Waals surface area contributed by atoms with Gasteiger partial charge >= 0.3 is 0 Å². The normalized spacial score (nSPS) is 12.0. The molecule has 0 aliphatic rings. The van der Waals surface area contributed by atoms with E-state index < -0.39 is 0 Å². The van der Waals surface area contributed by atoms with E-state index >= 15 is 0 Å². The second-order valence-corrected chi connectivity index (χ2v) is 12.8. The number of nitrogens with one attached hydrogen (secondary N) is 1. The Labute approximate surface area is 277 Å². The summed E-state index contributed by atoms with van der Waals surface area (Å²) in [4.78, 5) is 35.6. The van der Waals surface area contributed by atoms with E-state index in [1.165, 1.54) is 23.9 Å². The minimum absolute atomic E-state index is 0.000422. The van der Waals surface area contributed by atoms with E-state index in [1.807, 2.05) is 79.3 Å². The zero-order valence-electron chi connectivity index (χ0n) is 26.0. The van der Waals surface area contributed by atoms with Gasteiger partial charge in [-0.25, -0.2) is 4.39 Å². The van der Waals surface area contributed by atoms with E-state index in [0.717, 1.165) is 27.8 Å². The van der Waals surface area contributed by atoms with Crippen LogP contribution in [-0.4, -0.2) is 62.6 Å². The number of hydrogen-bond acceptors (Lipinski definition) is 6. The number of benzene rings is 3. The molecule has 5 rings (SSSR count). The fourth-order valence-electron chi connectivity index (χ4n) is 4.95. The van der Waals surface area contributed by atoms with E-state index in [4.69, 9.17) is 11.6 Å². The third kappa shape index (κ3) is 8.72. The van der Waals surface area contributed by atoms with Gasteiger partial charge in [-0.3, -0.25) is 14.7 Å². The first-order valence-electron chi connectivity index (χ1n) is 14.9. The van der Waals surface area contributed by atoms with Gasteiger partial charge in [-0.1, -0.05) is 78.8 Å². The van der Waals surface area contributed by atoms with E-state index in [9.17, 15) is 14.0 Å². The van der Waals surface area contributed by atoms with Crippen molar-refractivity contribution in [2.75, 3.05) is 27.2 Å². The largest absolute Gasteiger partial charge is 0.336 e. The molecule has 1 amide bonds. The Bertz CT molecular complexity index is 1790. The smallest absolute Gasteiger partial charge is 0.277 e. The van der Waals surface area contributed by atoms with Crippen LogP contribution in [0.15, 0.2) is 101 Å². The lowest BCUT2D eigenvalue weighted by Gasteiger charge is -2.26. The Morgan fingerprint density at radius 1 is 0.978 bits per heavy atom. The van der Waals surface area contributed by atoms with Gasteiger partial charge in [-0.15, -0.1) is 0 Å². The lowest BCUT2D eigenvalue weighted by molar-refractivity contribution is -0.132. The number of nitrogens with zero attached hydrogens (tertiary/aromatic N) is 5. The van der Waals surface area contributed by atoms with Crippen molar-refractivity contribution in [3.63, 3.8) is 0 Å². The Kier molecular flexibility index (Phi) is 11.1. The average Bonchev–Trinajstić information content (AvgIpc) is 3.59. The Morgan fingerprint density at radius 3 is 2.26 bits per heavy atom. The molecular formula is C35H36ClFN6O2S. The summed E-state index contributed by atoms with van der Waals surface area (Å²) in [6, 6.07) is 22.1. The van der Waals surface area contributed by atoms with Gasteiger partial charge in [0.1, 0.15) is 12.4 Å². The standard InChI is InChI=1S/C35H36ClFN6O2S/c1-24(29-18-38-39-19-29)32-21-43(35(40-34(32)45)46-23-26-6-14-31(37)15-7-26)22-33(44)42(17-16-41(2)3)20-25-4-8-27(9-5-25)28-10-12-30(36)13-11-28/h4-15,18-19,21,24H,16-17,20,22-23H2,1-3H3,(H,38,39). The highest BCUT2D eigenvalue weighted by molar-refractivity contribution is 7.98. The molecule has 0 spiro atoms. The molecule has 0 aliphatic heterocycles. The van der Waals surface area contributed by atoms with Gasteiger partial charge in [-0.2, -0.15) is 10.1 Å². The van der Waals surface area contributed by atoms with E-state index in [1.54, 1.807) is 35.3 Å². The summed E-state index contributed by atoms with van der Waals surface area (Å²) in [5, 5.41) is 7.93. The van der Waals surface area contributed by atoms with E-state index in [-0.39, 0.29) is 29.7 Å². The van der Waals surface area contributed by atoms with Crippen molar-refractivity contribution in [2.45, 2.75) is 36.8 Å². The van der Waals surface area contributed by atoms with Crippen LogP contribution in [-0.2, 0) is 23.6 Å². The highest BCUT2D eigenvalue weighted by atomic mass is 35.5. The van der Waals surface area contributed by atoms with Crippen molar-refractivity contribution in [1.82, 2.24) is 29.5 Å². The van der Waals surface area contributed by atoms with Crippen LogP contribution in [0.5, 0.6) is 0 Å². The van der Waals surface area contributed by atoms with Crippen LogP contribution in [0.4, 0.5) is 4.39 Å². The van der Waals surface area contributed by atoms with Crippen molar-refractivity contribution in [2.24, 2.45) is 0 Å². The van der Waals surface area contributed by atoms with Gasteiger partial charge in [-0.05, 0) is 66.2 Å². The molecule has 0 fully saturated rings. The number of rotatable bonds is 13. The quantitative estimate of drug-likeness (QED) is 0.115. The van der Waals surface area contributed by atoms with Crippen LogP contribution in [0.2, 0.25) is 5.02 Å². The molecule has 238 valence electrons. The van der Waals surface area contributed by atoms with Crippen molar-refractivity contribution in [1.29, 1.82) is 0 Å². The molecule has 2 heterocycles. The van der Waals surface area contributed by atoms with Gasteiger partial charge in [0, 0.05) is 54.3 Å². The predicted octanol–water partition coefficient (Wildman–Crippen LogP) is 6.46. The number of likely N-dealkylation sites (N-methyl/N-ethyl adjacent to an activating group) is 1. The molecule has 0 radical (unpaired) electrons. The molecule has 5 aromatic rings. The van der Waals surface area contributed by atoms with E-state index in [0.29, 0.717) is 41.1 Å². The lowest BCUT2D eigenvalue weighted by atomic mass is 9.98. The molecule has 1 unspecified atom stereocenters. The number of hydrogen-bond donors (Lipinski definition) is 1. The van der Waals surface area contributed by atoms with Crippen LogP contribution < -0.4 is 5.56 Å². The molecule has 2 aromatic heterocycles. The highest BCUT2D eigenvalue weighted by Crippen LogP contribution is 2.26. The van der Waals surface area contributed by atoms with Gasteiger partial charge in [0.2, 0.25) is 5.91 Å². The summed E-state index contributed by atoms with van der Waals surface area (Å²) in [7, 11) is 3.95. The summed E-state index contributed by atoms with van der Waals surface area (Å²) in [5.41, 5.74) is 4.97. The van der Waals surface area contributed by atoms with Crippen molar-refractivity contribution < 1.29 is 9.18 Å². The van der Waals surface area contributed by atoms with Crippen LogP contribution >= 0.6 is 23.4 Å². The summed E-state index contributed by atoms with van der Waals surface area (Å²) in [6.45, 7) is 3.55. The predicted molar refractivity (Wildman–Crippen MR) is 181 cm³/mol. The summed E-state index contributed by atoms with van der Waals surface area (Å²) >= 11 is 7.40.